The Morgan fingerprint density at radius 3 is 2.64 bits per heavy atom. The van der Waals surface area contributed by atoms with E-state index in [4.69, 9.17) is 9.47 Å². The molecular formula is C18H14FNO4S. The Morgan fingerprint density at radius 2 is 1.96 bits per heavy atom. The summed E-state index contributed by atoms with van der Waals surface area (Å²) in [5.74, 6) is 0.138. The molecule has 0 aliphatic carbocycles. The molecule has 0 radical (unpaired) electrons. The van der Waals surface area contributed by atoms with E-state index in [2.05, 4.69) is 5.32 Å². The fourth-order valence-electron chi connectivity index (χ4n) is 2.24. The van der Waals surface area contributed by atoms with E-state index in [1.165, 1.54) is 13.2 Å². The highest BCUT2D eigenvalue weighted by Crippen LogP contribution is 2.32. The van der Waals surface area contributed by atoms with Crippen molar-refractivity contribution in [1.82, 2.24) is 5.32 Å². The minimum atomic E-state index is -0.422. The van der Waals surface area contributed by atoms with Crippen LogP contribution in [0.15, 0.2) is 47.4 Å². The van der Waals surface area contributed by atoms with Crippen LogP contribution in [0.4, 0.5) is 9.18 Å². The molecule has 1 aliphatic heterocycles. The lowest BCUT2D eigenvalue weighted by Crippen LogP contribution is -2.17. The number of nitrogens with one attached hydrogen (secondary N) is 1. The first-order valence-corrected chi connectivity index (χ1v) is 8.17. The van der Waals surface area contributed by atoms with Crippen LogP contribution >= 0.6 is 11.8 Å². The van der Waals surface area contributed by atoms with Crippen LogP contribution in [0.25, 0.3) is 6.08 Å². The second kappa shape index (κ2) is 7.40. The molecule has 0 aromatic heterocycles. The normalized spacial score (nSPS) is 15.4. The van der Waals surface area contributed by atoms with Gasteiger partial charge in [0.25, 0.3) is 11.1 Å². The standard InChI is InChI=1S/C18H14FNO4S/c1-23-15-8-11(9-16-17(21)20-18(22)25-16)6-7-14(15)24-10-12-4-2-3-5-13(12)19/h2-9H,10H2,1H3,(H,20,21,22)/b16-9-. The van der Waals surface area contributed by atoms with Gasteiger partial charge in [-0.05, 0) is 41.6 Å². The lowest BCUT2D eigenvalue weighted by molar-refractivity contribution is -0.115. The Balaban J connectivity index is 1.78. The number of halogens is 1. The van der Waals surface area contributed by atoms with Gasteiger partial charge in [-0.2, -0.15) is 0 Å². The molecule has 1 heterocycles. The molecule has 25 heavy (non-hydrogen) atoms. The van der Waals surface area contributed by atoms with Gasteiger partial charge in [0.05, 0.1) is 12.0 Å². The predicted molar refractivity (Wildman–Crippen MR) is 92.8 cm³/mol. The van der Waals surface area contributed by atoms with Gasteiger partial charge < -0.3 is 9.47 Å². The van der Waals surface area contributed by atoms with Crippen molar-refractivity contribution in [2.45, 2.75) is 6.61 Å². The zero-order chi connectivity index (χ0) is 17.8. The fourth-order valence-corrected chi connectivity index (χ4v) is 2.92. The van der Waals surface area contributed by atoms with Gasteiger partial charge in [0.1, 0.15) is 12.4 Å². The Bertz CT molecular complexity index is 866. The molecule has 5 nitrogen and oxygen atoms in total. The molecule has 3 rings (SSSR count). The zero-order valence-electron chi connectivity index (χ0n) is 13.2. The number of carbonyl (C=O) groups excluding carboxylic acids is 2. The number of rotatable bonds is 5. The maximum atomic E-state index is 13.6. The van der Waals surface area contributed by atoms with Crippen molar-refractivity contribution >= 4 is 29.0 Å². The summed E-state index contributed by atoms with van der Waals surface area (Å²) >= 11 is 0.843. The molecule has 1 N–H and O–H groups in total. The van der Waals surface area contributed by atoms with Crippen molar-refractivity contribution < 1.29 is 23.5 Å². The first kappa shape index (κ1) is 17.0. The van der Waals surface area contributed by atoms with Crippen LogP contribution in [0.5, 0.6) is 11.5 Å². The molecule has 2 amide bonds. The molecule has 1 aliphatic rings. The summed E-state index contributed by atoms with van der Waals surface area (Å²) in [6.07, 6.45) is 1.59. The Morgan fingerprint density at radius 1 is 1.16 bits per heavy atom. The number of benzene rings is 2. The highest BCUT2D eigenvalue weighted by atomic mass is 32.2. The van der Waals surface area contributed by atoms with Crippen LogP contribution in [0.3, 0.4) is 0 Å². The van der Waals surface area contributed by atoms with Crippen LogP contribution in [0.2, 0.25) is 0 Å². The summed E-state index contributed by atoms with van der Waals surface area (Å²) < 4.78 is 24.6. The number of hydrogen-bond donors (Lipinski definition) is 1. The molecule has 2 aromatic rings. The van der Waals surface area contributed by atoms with E-state index in [0.717, 1.165) is 11.8 Å². The van der Waals surface area contributed by atoms with Gasteiger partial charge in [-0.15, -0.1) is 0 Å². The van der Waals surface area contributed by atoms with E-state index < -0.39 is 11.1 Å². The van der Waals surface area contributed by atoms with E-state index in [0.29, 0.717) is 27.5 Å². The van der Waals surface area contributed by atoms with Crippen molar-refractivity contribution in [3.8, 4) is 11.5 Å². The number of carbonyl (C=O) groups is 2. The first-order chi connectivity index (χ1) is 12.1. The van der Waals surface area contributed by atoms with Crippen molar-refractivity contribution in [2.24, 2.45) is 0 Å². The summed E-state index contributed by atoms with van der Waals surface area (Å²) in [6.45, 7) is 0.0657. The van der Waals surface area contributed by atoms with Crippen LogP contribution < -0.4 is 14.8 Å². The molecule has 1 saturated heterocycles. The smallest absolute Gasteiger partial charge is 0.290 e. The van der Waals surface area contributed by atoms with Crippen LogP contribution in [-0.2, 0) is 11.4 Å². The number of amides is 2. The molecule has 2 aromatic carbocycles. The maximum absolute atomic E-state index is 13.6. The maximum Gasteiger partial charge on any atom is 0.290 e. The Hall–Kier alpha value is -2.80. The van der Waals surface area contributed by atoms with Crippen molar-refractivity contribution in [1.29, 1.82) is 0 Å². The third-order valence-electron chi connectivity index (χ3n) is 3.47. The number of thioether (sulfide) groups is 1. The minimum Gasteiger partial charge on any atom is -0.493 e. The van der Waals surface area contributed by atoms with Crippen LogP contribution in [0.1, 0.15) is 11.1 Å². The number of hydrogen-bond acceptors (Lipinski definition) is 5. The van der Waals surface area contributed by atoms with Crippen molar-refractivity contribution in [3.05, 3.63) is 64.3 Å². The zero-order valence-corrected chi connectivity index (χ0v) is 14.1. The molecule has 1 fully saturated rings. The molecule has 0 atom stereocenters. The van der Waals surface area contributed by atoms with Crippen molar-refractivity contribution in [2.75, 3.05) is 7.11 Å². The predicted octanol–water partition coefficient (Wildman–Crippen LogP) is 3.74. The highest BCUT2D eigenvalue weighted by molar-refractivity contribution is 8.18. The SMILES string of the molecule is COc1cc(/C=C2\SC(=O)NC2=O)ccc1OCc1ccccc1F. The molecule has 0 spiro atoms. The summed E-state index contributed by atoms with van der Waals surface area (Å²) in [4.78, 5) is 23.1. The summed E-state index contributed by atoms with van der Waals surface area (Å²) in [7, 11) is 1.49. The van der Waals surface area contributed by atoms with Gasteiger partial charge in [-0.1, -0.05) is 24.3 Å². The quantitative estimate of drug-likeness (QED) is 0.824. The molecule has 7 heteroatoms. The third kappa shape index (κ3) is 4.00. The van der Waals surface area contributed by atoms with Gasteiger partial charge in [-0.3, -0.25) is 14.9 Å². The highest BCUT2D eigenvalue weighted by Gasteiger charge is 2.25. The Kier molecular flexibility index (Phi) is 5.04. The van der Waals surface area contributed by atoms with Gasteiger partial charge in [0.2, 0.25) is 0 Å². The largest absolute Gasteiger partial charge is 0.493 e. The average molecular weight is 359 g/mol. The molecule has 128 valence electrons. The summed E-state index contributed by atoms with van der Waals surface area (Å²) in [5.41, 5.74) is 1.12. The van der Waals surface area contributed by atoms with E-state index in [9.17, 15) is 14.0 Å². The summed E-state index contributed by atoms with van der Waals surface area (Å²) in [5, 5.41) is 1.80. The average Bonchev–Trinajstić information content (AvgIpc) is 2.92. The van der Waals surface area contributed by atoms with E-state index >= 15 is 0 Å². The molecule has 0 saturated carbocycles. The summed E-state index contributed by atoms with van der Waals surface area (Å²) in [6, 6.07) is 11.4. The van der Waals surface area contributed by atoms with Crippen molar-refractivity contribution in [3.63, 3.8) is 0 Å². The van der Waals surface area contributed by atoms with E-state index in [1.807, 2.05) is 0 Å². The first-order valence-electron chi connectivity index (χ1n) is 7.36. The van der Waals surface area contributed by atoms with Gasteiger partial charge in [0, 0.05) is 5.56 Å². The van der Waals surface area contributed by atoms with E-state index in [-0.39, 0.29) is 12.4 Å². The van der Waals surface area contributed by atoms with E-state index in [1.54, 1.807) is 42.5 Å². The van der Waals surface area contributed by atoms with Gasteiger partial charge >= 0.3 is 0 Å². The Labute approximate surface area is 147 Å². The second-order valence-corrected chi connectivity index (χ2v) is 6.16. The topological polar surface area (TPSA) is 64.6 Å². The third-order valence-corrected chi connectivity index (χ3v) is 4.28. The van der Waals surface area contributed by atoms with Crippen LogP contribution in [-0.4, -0.2) is 18.3 Å². The molecule has 0 bridgehead atoms. The number of ether oxygens (including phenoxy) is 2. The van der Waals surface area contributed by atoms with Gasteiger partial charge in [0.15, 0.2) is 11.5 Å². The fraction of sp³-hybridized carbons (Fsp3) is 0.111. The number of imide groups is 1. The number of methoxy groups -OCH3 is 1. The van der Waals surface area contributed by atoms with Gasteiger partial charge in [-0.25, -0.2) is 4.39 Å². The molecular weight excluding hydrogens is 345 g/mol. The minimum absolute atomic E-state index is 0.0657. The monoisotopic (exact) mass is 359 g/mol. The lowest BCUT2D eigenvalue weighted by atomic mass is 10.2. The van der Waals surface area contributed by atoms with Crippen LogP contribution in [0, 0.1) is 5.82 Å². The molecule has 0 unspecified atom stereocenters. The second-order valence-electron chi connectivity index (χ2n) is 5.14. The lowest BCUT2D eigenvalue weighted by Gasteiger charge is -2.12.